The lowest BCUT2D eigenvalue weighted by Crippen LogP contribution is -2.12. The van der Waals surface area contributed by atoms with E-state index in [2.05, 4.69) is 21.5 Å². The number of para-hydroxylation sites is 1. The SMILES string of the molecule is N#Cc1cc2ccccc2nc1NCCn1cc(N)cn1. The Labute approximate surface area is 121 Å². The second-order valence-electron chi connectivity index (χ2n) is 4.65. The van der Waals surface area contributed by atoms with E-state index in [0.717, 1.165) is 10.9 Å². The van der Waals surface area contributed by atoms with Gasteiger partial charge in [0.25, 0.3) is 0 Å². The minimum Gasteiger partial charge on any atom is -0.396 e. The molecule has 104 valence electrons. The topological polar surface area (TPSA) is 92.5 Å². The number of benzene rings is 1. The third kappa shape index (κ3) is 2.77. The summed E-state index contributed by atoms with van der Waals surface area (Å²) in [6.07, 6.45) is 3.37. The lowest BCUT2D eigenvalue weighted by atomic mass is 10.1. The first kappa shape index (κ1) is 12.9. The van der Waals surface area contributed by atoms with E-state index in [4.69, 9.17) is 5.73 Å². The molecule has 3 N–H and O–H groups in total. The second-order valence-corrected chi connectivity index (χ2v) is 4.65. The first-order valence-corrected chi connectivity index (χ1v) is 6.58. The van der Waals surface area contributed by atoms with Crippen LogP contribution >= 0.6 is 0 Å². The van der Waals surface area contributed by atoms with E-state index in [0.29, 0.717) is 30.2 Å². The van der Waals surface area contributed by atoms with Crippen LogP contribution in [0, 0.1) is 11.3 Å². The van der Waals surface area contributed by atoms with Gasteiger partial charge in [-0.3, -0.25) is 4.68 Å². The summed E-state index contributed by atoms with van der Waals surface area (Å²) in [5.41, 5.74) is 7.64. The van der Waals surface area contributed by atoms with Gasteiger partial charge in [-0.15, -0.1) is 0 Å². The maximum absolute atomic E-state index is 9.23. The van der Waals surface area contributed by atoms with Crippen LogP contribution in [0.25, 0.3) is 10.9 Å². The Morgan fingerprint density at radius 1 is 1.33 bits per heavy atom. The molecule has 2 heterocycles. The van der Waals surface area contributed by atoms with E-state index in [-0.39, 0.29) is 0 Å². The second kappa shape index (κ2) is 5.51. The molecule has 21 heavy (non-hydrogen) atoms. The summed E-state index contributed by atoms with van der Waals surface area (Å²) >= 11 is 0. The van der Waals surface area contributed by atoms with Crippen molar-refractivity contribution in [3.8, 4) is 6.07 Å². The van der Waals surface area contributed by atoms with E-state index >= 15 is 0 Å². The summed E-state index contributed by atoms with van der Waals surface area (Å²) in [7, 11) is 0. The number of aromatic nitrogens is 3. The van der Waals surface area contributed by atoms with Crippen LogP contribution in [-0.4, -0.2) is 21.3 Å². The van der Waals surface area contributed by atoms with Gasteiger partial charge in [0, 0.05) is 18.1 Å². The standard InChI is InChI=1S/C15H14N6/c16-8-12-7-11-3-1-2-4-14(11)20-15(12)18-5-6-21-10-13(17)9-19-21/h1-4,7,9-10H,5-6,17H2,(H,18,20). The molecule has 0 amide bonds. The molecule has 0 unspecified atom stereocenters. The van der Waals surface area contributed by atoms with Crippen molar-refractivity contribution in [1.82, 2.24) is 14.8 Å². The number of pyridine rings is 1. The van der Waals surface area contributed by atoms with Crippen molar-refractivity contribution in [3.63, 3.8) is 0 Å². The summed E-state index contributed by atoms with van der Waals surface area (Å²) in [6.45, 7) is 1.26. The summed E-state index contributed by atoms with van der Waals surface area (Å²) in [4.78, 5) is 4.49. The molecule has 6 heteroatoms. The summed E-state index contributed by atoms with van der Waals surface area (Å²) in [5.74, 6) is 0.594. The molecule has 0 saturated carbocycles. The van der Waals surface area contributed by atoms with Crippen molar-refractivity contribution < 1.29 is 0 Å². The van der Waals surface area contributed by atoms with Crippen LogP contribution in [-0.2, 0) is 6.54 Å². The van der Waals surface area contributed by atoms with Crippen molar-refractivity contribution in [2.75, 3.05) is 17.6 Å². The van der Waals surface area contributed by atoms with Gasteiger partial charge in [0.2, 0.25) is 0 Å². The highest BCUT2D eigenvalue weighted by molar-refractivity contribution is 5.82. The number of nitrogens with zero attached hydrogens (tertiary/aromatic N) is 4. The fourth-order valence-corrected chi connectivity index (χ4v) is 2.13. The van der Waals surface area contributed by atoms with Crippen molar-refractivity contribution in [2.24, 2.45) is 0 Å². The number of nitriles is 1. The predicted octanol–water partition coefficient (Wildman–Crippen LogP) is 2.00. The molecule has 0 aliphatic heterocycles. The average Bonchev–Trinajstić information content (AvgIpc) is 2.92. The van der Waals surface area contributed by atoms with Crippen LogP contribution in [0.2, 0.25) is 0 Å². The van der Waals surface area contributed by atoms with E-state index < -0.39 is 0 Å². The quantitative estimate of drug-likeness (QED) is 0.761. The molecule has 0 saturated heterocycles. The molecular formula is C15H14N6. The van der Waals surface area contributed by atoms with Gasteiger partial charge in [-0.1, -0.05) is 18.2 Å². The molecular weight excluding hydrogens is 264 g/mol. The van der Waals surface area contributed by atoms with E-state index in [9.17, 15) is 5.26 Å². The molecule has 0 fully saturated rings. The van der Waals surface area contributed by atoms with Gasteiger partial charge in [-0.2, -0.15) is 10.4 Å². The monoisotopic (exact) mass is 278 g/mol. The fourth-order valence-electron chi connectivity index (χ4n) is 2.13. The van der Waals surface area contributed by atoms with E-state index in [1.807, 2.05) is 30.3 Å². The number of hydrogen-bond acceptors (Lipinski definition) is 5. The van der Waals surface area contributed by atoms with Crippen LogP contribution < -0.4 is 11.1 Å². The molecule has 0 bridgehead atoms. The maximum Gasteiger partial charge on any atom is 0.144 e. The number of nitrogens with one attached hydrogen (secondary N) is 1. The van der Waals surface area contributed by atoms with Gasteiger partial charge >= 0.3 is 0 Å². The third-order valence-electron chi connectivity index (χ3n) is 3.13. The zero-order valence-electron chi connectivity index (χ0n) is 11.3. The lowest BCUT2D eigenvalue weighted by molar-refractivity contribution is 0.637. The number of rotatable bonds is 4. The molecule has 0 aliphatic rings. The highest BCUT2D eigenvalue weighted by Gasteiger charge is 2.06. The molecule has 3 aromatic rings. The first-order chi connectivity index (χ1) is 10.3. The Morgan fingerprint density at radius 2 is 2.19 bits per heavy atom. The van der Waals surface area contributed by atoms with Crippen LogP contribution in [0.5, 0.6) is 0 Å². The first-order valence-electron chi connectivity index (χ1n) is 6.58. The smallest absolute Gasteiger partial charge is 0.144 e. The van der Waals surface area contributed by atoms with Crippen LogP contribution in [0.1, 0.15) is 5.56 Å². The summed E-state index contributed by atoms with van der Waals surface area (Å²) < 4.78 is 1.75. The molecule has 0 atom stereocenters. The zero-order valence-corrected chi connectivity index (χ0v) is 11.3. The molecule has 1 aromatic carbocycles. The predicted molar refractivity (Wildman–Crippen MR) is 81.6 cm³/mol. The minimum atomic E-state index is 0.536. The van der Waals surface area contributed by atoms with Crippen LogP contribution in [0.4, 0.5) is 11.5 Å². The van der Waals surface area contributed by atoms with Gasteiger partial charge in [0.1, 0.15) is 11.9 Å². The Bertz CT molecular complexity index is 814. The van der Waals surface area contributed by atoms with Crippen molar-refractivity contribution in [1.29, 1.82) is 5.26 Å². The highest BCUT2D eigenvalue weighted by Crippen LogP contribution is 2.19. The normalized spacial score (nSPS) is 10.4. The number of hydrogen-bond donors (Lipinski definition) is 2. The van der Waals surface area contributed by atoms with Crippen molar-refractivity contribution >= 4 is 22.4 Å². The number of fused-ring (bicyclic) bond motifs is 1. The van der Waals surface area contributed by atoms with Crippen molar-refractivity contribution in [2.45, 2.75) is 6.54 Å². The van der Waals surface area contributed by atoms with Gasteiger partial charge in [0.15, 0.2) is 0 Å². The molecule has 6 nitrogen and oxygen atoms in total. The Morgan fingerprint density at radius 3 is 2.95 bits per heavy atom. The lowest BCUT2D eigenvalue weighted by Gasteiger charge is -2.09. The van der Waals surface area contributed by atoms with E-state index in [1.165, 1.54) is 0 Å². The Kier molecular flexibility index (Phi) is 3.39. The molecule has 2 aromatic heterocycles. The number of nitrogens with two attached hydrogens (primary N) is 1. The van der Waals surface area contributed by atoms with Gasteiger partial charge in [-0.25, -0.2) is 4.98 Å². The average molecular weight is 278 g/mol. The molecule has 0 spiro atoms. The summed E-state index contributed by atoms with van der Waals surface area (Å²) in [6, 6.07) is 11.7. The highest BCUT2D eigenvalue weighted by atomic mass is 15.3. The van der Waals surface area contributed by atoms with Gasteiger partial charge in [0.05, 0.1) is 29.5 Å². The van der Waals surface area contributed by atoms with Gasteiger partial charge in [-0.05, 0) is 12.1 Å². The van der Waals surface area contributed by atoms with Crippen LogP contribution in [0.15, 0.2) is 42.7 Å². The summed E-state index contributed by atoms with van der Waals surface area (Å²) in [5, 5.41) is 17.5. The molecule has 0 radical (unpaired) electrons. The Hall–Kier alpha value is -3.07. The molecule has 0 aliphatic carbocycles. The van der Waals surface area contributed by atoms with E-state index in [1.54, 1.807) is 17.1 Å². The minimum absolute atomic E-state index is 0.536. The maximum atomic E-state index is 9.23. The van der Waals surface area contributed by atoms with Gasteiger partial charge < -0.3 is 11.1 Å². The molecule has 3 rings (SSSR count). The fraction of sp³-hybridized carbons (Fsp3) is 0.133. The van der Waals surface area contributed by atoms with Crippen LogP contribution in [0.3, 0.4) is 0 Å². The third-order valence-corrected chi connectivity index (χ3v) is 3.13. The zero-order chi connectivity index (χ0) is 14.7. The van der Waals surface area contributed by atoms with Crippen molar-refractivity contribution in [3.05, 3.63) is 48.3 Å². The largest absolute Gasteiger partial charge is 0.396 e. The Balaban J connectivity index is 1.78. The number of nitrogen functional groups attached to an aromatic ring is 1. The number of anilines is 2.